The van der Waals surface area contributed by atoms with E-state index in [4.69, 9.17) is 23.2 Å². The summed E-state index contributed by atoms with van der Waals surface area (Å²) in [4.78, 5) is 7.04. The molecule has 1 aromatic rings. The molecule has 0 amide bonds. The number of nitrogens with zero attached hydrogens (tertiary/aromatic N) is 2. The first-order valence-corrected chi connectivity index (χ1v) is 8.29. The second-order valence-electron chi connectivity index (χ2n) is 5.29. The van der Waals surface area contributed by atoms with Gasteiger partial charge in [0.25, 0.3) is 0 Å². The lowest BCUT2D eigenvalue weighted by atomic mass is 9.98. The second-order valence-corrected chi connectivity index (χ2v) is 6.10. The lowest BCUT2D eigenvalue weighted by molar-refractivity contribution is 0.432. The zero-order chi connectivity index (χ0) is 14.5. The monoisotopic (exact) mass is 315 g/mol. The van der Waals surface area contributed by atoms with Crippen molar-refractivity contribution in [1.29, 1.82) is 0 Å². The number of pyridine rings is 1. The fourth-order valence-corrected chi connectivity index (χ4v) is 3.40. The van der Waals surface area contributed by atoms with Gasteiger partial charge >= 0.3 is 0 Å². The summed E-state index contributed by atoms with van der Waals surface area (Å²) in [7, 11) is 0. The lowest BCUT2D eigenvalue weighted by Gasteiger charge is -2.37. The molecule has 5 heteroatoms. The highest BCUT2D eigenvalue weighted by molar-refractivity contribution is 6.37. The van der Waals surface area contributed by atoms with Gasteiger partial charge in [-0.1, -0.05) is 36.5 Å². The third-order valence-corrected chi connectivity index (χ3v) is 4.34. The number of hydrogen-bond donors (Lipinski definition) is 1. The first kappa shape index (κ1) is 15.7. The van der Waals surface area contributed by atoms with Gasteiger partial charge < -0.3 is 10.2 Å². The Kier molecular flexibility index (Phi) is 5.79. The summed E-state index contributed by atoms with van der Waals surface area (Å²) in [5, 5.41) is 4.44. The number of halogens is 2. The SMILES string of the molecule is CCCC1CCCCN1c1nc(NCC)c(Cl)cc1Cl. The molecule has 1 aliphatic heterocycles. The third kappa shape index (κ3) is 3.50. The van der Waals surface area contributed by atoms with Crippen LogP contribution in [0.3, 0.4) is 0 Å². The molecule has 20 heavy (non-hydrogen) atoms. The third-order valence-electron chi connectivity index (χ3n) is 3.78. The normalized spacial score (nSPS) is 19.2. The summed E-state index contributed by atoms with van der Waals surface area (Å²) in [6, 6.07) is 2.36. The van der Waals surface area contributed by atoms with Gasteiger partial charge in [0.2, 0.25) is 0 Å². The molecule has 0 bridgehead atoms. The van der Waals surface area contributed by atoms with Crippen molar-refractivity contribution in [1.82, 2.24) is 4.98 Å². The van der Waals surface area contributed by atoms with Crippen LogP contribution in [0.5, 0.6) is 0 Å². The van der Waals surface area contributed by atoms with Gasteiger partial charge in [-0.25, -0.2) is 4.98 Å². The molecule has 0 spiro atoms. The highest BCUT2D eigenvalue weighted by atomic mass is 35.5. The molecule has 3 nitrogen and oxygen atoms in total. The van der Waals surface area contributed by atoms with Crippen molar-refractivity contribution in [2.75, 3.05) is 23.3 Å². The molecule has 2 rings (SSSR count). The van der Waals surface area contributed by atoms with Crippen LogP contribution in [-0.4, -0.2) is 24.1 Å². The first-order chi connectivity index (χ1) is 9.67. The maximum Gasteiger partial charge on any atom is 0.150 e. The van der Waals surface area contributed by atoms with E-state index in [0.717, 1.165) is 24.7 Å². The van der Waals surface area contributed by atoms with E-state index in [-0.39, 0.29) is 0 Å². The van der Waals surface area contributed by atoms with Gasteiger partial charge in [0.15, 0.2) is 0 Å². The molecule has 1 atom stereocenters. The molecule has 0 aliphatic carbocycles. The highest BCUT2D eigenvalue weighted by Crippen LogP contribution is 2.35. The predicted octanol–water partition coefficient (Wildman–Crippen LogP) is 4.98. The summed E-state index contributed by atoms with van der Waals surface area (Å²) in [6.45, 7) is 6.09. The average molecular weight is 316 g/mol. The molecular weight excluding hydrogens is 293 g/mol. The largest absolute Gasteiger partial charge is 0.369 e. The van der Waals surface area contributed by atoms with E-state index in [1.807, 2.05) is 6.92 Å². The van der Waals surface area contributed by atoms with Crippen molar-refractivity contribution >= 4 is 34.8 Å². The number of piperidine rings is 1. The van der Waals surface area contributed by atoms with Gasteiger partial charge in [0, 0.05) is 19.1 Å². The van der Waals surface area contributed by atoms with Crippen molar-refractivity contribution < 1.29 is 0 Å². The maximum atomic E-state index is 6.38. The van der Waals surface area contributed by atoms with Crippen LogP contribution in [-0.2, 0) is 0 Å². The Labute approximate surface area is 131 Å². The number of anilines is 2. The smallest absolute Gasteiger partial charge is 0.150 e. The van der Waals surface area contributed by atoms with Gasteiger partial charge in [-0.05, 0) is 38.7 Å². The standard InChI is InChI=1S/C15H23Cl2N3/c1-3-7-11-8-5-6-9-20(11)15-13(17)10-12(16)14(19-15)18-4-2/h10-11H,3-9H2,1-2H3,(H,18,19). The molecular formula is C15H23Cl2N3. The highest BCUT2D eigenvalue weighted by Gasteiger charge is 2.25. The molecule has 2 heterocycles. The summed E-state index contributed by atoms with van der Waals surface area (Å²) < 4.78 is 0. The first-order valence-electron chi connectivity index (χ1n) is 7.53. The second kappa shape index (κ2) is 7.37. The van der Waals surface area contributed by atoms with Crippen LogP contribution in [0.25, 0.3) is 0 Å². The van der Waals surface area contributed by atoms with Gasteiger partial charge in [0.05, 0.1) is 10.0 Å². The number of aromatic nitrogens is 1. The summed E-state index contributed by atoms with van der Waals surface area (Å²) >= 11 is 12.6. The van der Waals surface area contributed by atoms with Crippen molar-refractivity contribution in [3.05, 3.63) is 16.1 Å². The molecule has 0 saturated carbocycles. The van der Waals surface area contributed by atoms with Crippen LogP contribution in [0.4, 0.5) is 11.6 Å². The van der Waals surface area contributed by atoms with Crippen LogP contribution >= 0.6 is 23.2 Å². The van der Waals surface area contributed by atoms with E-state index in [0.29, 0.717) is 16.1 Å². The van der Waals surface area contributed by atoms with Crippen molar-refractivity contribution in [3.63, 3.8) is 0 Å². The van der Waals surface area contributed by atoms with E-state index in [1.165, 1.54) is 32.1 Å². The molecule has 112 valence electrons. The van der Waals surface area contributed by atoms with Crippen LogP contribution in [0.15, 0.2) is 6.07 Å². The fraction of sp³-hybridized carbons (Fsp3) is 0.667. The number of rotatable bonds is 5. The van der Waals surface area contributed by atoms with E-state index in [2.05, 4.69) is 22.1 Å². The van der Waals surface area contributed by atoms with E-state index in [1.54, 1.807) is 6.07 Å². The Morgan fingerprint density at radius 2 is 2.10 bits per heavy atom. The minimum Gasteiger partial charge on any atom is -0.369 e. The van der Waals surface area contributed by atoms with E-state index in [9.17, 15) is 0 Å². The quantitative estimate of drug-likeness (QED) is 0.830. The summed E-state index contributed by atoms with van der Waals surface area (Å²) in [5.41, 5.74) is 0. The molecule has 1 aliphatic rings. The van der Waals surface area contributed by atoms with Gasteiger partial charge in [-0.15, -0.1) is 0 Å². The molecule has 1 N–H and O–H groups in total. The van der Waals surface area contributed by atoms with E-state index < -0.39 is 0 Å². The van der Waals surface area contributed by atoms with Crippen LogP contribution in [0, 0.1) is 0 Å². The van der Waals surface area contributed by atoms with E-state index >= 15 is 0 Å². The number of hydrogen-bond acceptors (Lipinski definition) is 3. The summed E-state index contributed by atoms with van der Waals surface area (Å²) in [5.74, 6) is 1.61. The molecule has 1 aromatic heterocycles. The average Bonchev–Trinajstić information content (AvgIpc) is 2.43. The topological polar surface area (TPSA) is 28.2 Å². The van der Waals surface area contributed by atoms with Crippen LogP contribution < -0.4 is 10.2 Å². The molecule has 1 fully saturated rings. The predicted molar refractivity (Wildman–Crippen MR) is 88.3 cm³/mol. The zero-order valence-electron chi connectivity index (χ0n) is 12.3. The summed E-state index contributed by atoms with van der Waals surface area (Å²) in [6.07, 6.45) is 6.11. The van der Waals surface area contributed by atoms with Crippen molar-refractivity contribution in [3.8, 4) is 0 Å². The van der Waals surface area contributed by atoms with Gasteiger partial charge in [-0.2, -0.15) is 0 Å². The zero-order valence-corrected chi connectivity index (χ0v) is 13.8. The Morgan fingerprint density at radius 3 is 2.80 bits per heavy atom. The lowest BCUT2D eigenvalue weighted by Crippen LogP contribution is -2.40. The Hall–Kier alpha value is -0.670. The minimum atomic E-state index is 0.550. The Morgan fingerprint density at radius 1 is 1.30 bits per heavy atom. The molecule has 0 aromatic carbocycles. The molecule has 1 saturated heterocycles. The maximum absolute atomic E-state index is 6.38. The van der Waals surface area contributed by atoms with Gasteiger partial charge in [0.1, 0.15) is 11.6 Å². The Bertz CT molecular complexity index is 449. The van der Waals surface area contributed by atoms with Crippen LogP contribution in [0.2, 0.25) is 10.0 Å². The minimum absolute atomic E-state index is 0.550. The Balaban J connectivity index is 2.31. The number of nitrogens with one attached hydrogen (secondary N) is 1. The van der Waals surface area contributed by atoms with Gasteiger partial charge in [-0.3, -0.25) is 0 Å². The van der Waals surface area contributed by atoms with Crippen molar-refractivity contribution in [2.45, 2.75) is 52.0 Å². The van der Waals surface area contributed by atoms with Crippen molar-refractivity contribution in [2.24, 2.45) is 0 Å². The fourth-order valence-electron chi connectivity index (χ4n) is 2.86. The van der Waals surface area contributed by atoms with Crippen LogP contribution in [0.1, 0.15) is 46.0 Å². The molecule has 0 radical (unpaired) electrons. The molecule has 1 unspecified atom stereocenters.